The zero-order valence-corrected chi connectivity index (χ0v) is 15.1. The molecule has 0 bridgehead atoms. The maximum Gasteiger partial charge on any atom is 0.317 e. The van der Waals surface area contributed by atoms with Crippen LogP contribution in [0.3, 0.4) is 0 Å². The molecular formula is C21H24O4. The van der Waals surface area contributed by atoms with Crippen molar-refractivity contribution in [1.82, 2.24) is 0 Å². The molecule has 4 nitrogen and oxygen atoms in total. The van der Waals surface area contributed by atoms with E-state index in [0.717, 1.165) is 22.3 Å². The van der Waals surface area contributed by atoms with Gasteiger partial charge >= 0.3 is 11.9 Å². The molecular weight excluding hydrogens is 316 g/mol. The zero-order valence-electron chi connectivity index (χ0n) is 15.1. The number of ether oxygens (including phenoxy) is 2. The van der Waals surface area contributed by atoms with Crippen molar-refractivity contribution in [2.24, 2.45) is 0 Å². The second-order valence-electron chi connectivity index (χ2n) is 6.15. The monoisotopic (exact) mass is 340 g/mol. The minimum Gasteiger partial charge on any atom is -0.457 e. The first-order chi connectivity index (χ1) is 11.9. The molecule has 4 heteroatoms. The van der Waals surface area contributed by atoms with Crippen molar-refractivity contribution in [3.8, 4) is 0 Å². The van der Waals surface area contributed by atoms with E-state index in [1.807, 2.05) is 62.4 Å². The van der Waals surface area contributed by atoms with Gasteiger partial charge in [-0.05, 0) is 49.9 Å². The zero-order chi connectivity index (χ0) is 18.4. The van der Waals surface area contributed by atoms with Gasteiger partial charge in [0.15, 0.2) is 0 Å². The predicted octanol–water partition coefficient (Wildman–Crippen LogP) is 4.60. The highest BCUT2D eigenvalue weighted by Gasteiger charge is 2.20. The summed E-state index contributed by atoms with van der Waals surface area (Å²) in [6, 6.07) is 15.4. The Bertz CT molecular complexity index is 688. The normalized spacial score (nSPS) is 13.0. The topological polar surface area (TPSA) is 52.6 Å². The fourth-order valence-corrected chi connectivity index (χ4v) is 2.81. The van der Waals surface area contributed by atoms with Crippen LogP contribution in [0.15, 0.2) is 48.5 Å². The van der Waals surface area contributed by atoms with Crippen LogP contribution in [0.25, 0.3) is 0 Å². The van der Waals surface area contributed by atoms with Crippen LogP contribution in [0, 0.1) is 13.8 Å². The van der Waals surface area contributed by atoms with Gasteiger partial charge in [-0.25, -0.2) is 0 Å². The molecule has 25 heavy (non-hydrogen) atoms. The molecule has 0 aliphatic heterocycles. The van der Waals surface area contributed by atoms with Gasteiger partial charge in [-0.3, -0.25) is 9.59 Å². The smallest absolute Gasteiger partial charge is 0.317 e. The van der Waals surface area contributed by atoms with Crippen LogP contribution in [0.2, 0.25) is 0 Å². The van der Waals surface area contributed by atoms with Crippen LogP contribution in [-0.4, -0.2) is 11.9 Å². The standard InChI is InChI=1S/C21H24O4/c1-14-9-5-7-11-18(14)16(3)24-20(22)13-21(23)25-17(4)19-12-8-6-10-15(19)2/h5-12,16-17H,13H2,1-4H3. The van der Waals surface area contributed by atoms with E-state index >= 15 is 0 Å². The van der Waals surface area contributed by atoms with Gasteiger partial charge < -0.3 is 9.47 Å². The lowest BCUT2D eigenvalue weighted by Gasteiger charge is -2.17. The summed E-state index contributed by atoms with van der Waals surface area (Å²) in [5.41, 5.74) is 3.94. The van der Waals surface area contributed by atoms with Crippen molar-refractivity contribution in [3.05, 3.63) is 70.8 Å². The van der Waals surface area contributed by atoms with Gasteiger partial charge in [-0.1, -0.05) is 48.5 Å². The van der Waals surface area contributed by atoms with Crippen molar-refractivity contribution in [2.45, 2.75) is 46.3 Å². The highest BCUT2D eigenvalue weighted by molar-refractivity contribution is 5.91. The minimum atomic E-state index is -0.585. The Balaban J connectivity index is 1.89. The van der Waals surface area contributed by atoms with Gasteiger partial charge in [0.2, 0.25) is 0 Å². The van der Waals surface area contributed by atoms with E-state index in [2.05, 4.69) is 0 Å². The number of hydrogen-bond donors (Lipinski definition) is 0. The highest BCUT2D eigenvalue weighted by atomic mass is 16.6. The molecule has 0 aliphatic carbocycles. The van der Waals surface area contributed by atoms with Gasteiger partial charge in [0.25, 0.3) is 0 Å². The number of carbonyl (C=O) groups is 2. The average Bonchev–Trinajstić information content (AvgIpc) is 2.55. The van der Waals surface area contributed by atoms with E-state index in [1.54, 1.807) is 13.8 Å². The molecule has 2 unspecified atom stereocenters. The molecule has 0 saturated heterocycles. The van der Waals surface area contributed by atoms with E-state index < -0.39 is 30.6 Å². The quantitative estimate of drug-likeness (QED) is 0.569. The van der Waals surface area contributed by atoms with Gasteiger partial charge in [0.05, 0.1) is 0 Å². The molecule has 132 valence electrons. The summed E-state index contributed by atoms with van der Waals surface area (Å²) in [6.45, 7) is 7.50. The van der Waals surface area contributed by atoms with Crippen LogP contribution >= 0.6 is 0 Å². The summed E-state index contributed by atoms with van der Waals surface area (Å²) >= 11 is 0. The fourth-order valence-electron chi connectivity index (χ4n) is 2.81. The molecule has 0 heterocycles. The van der Waals surface area contributed by atoms with Crippen molar-refractivity contribution in [3.63, 3.8) is 0 Å². The summed E-state index contributed by atoms with van der Waals surface area (Å²) in [4.78, 5) is 24.0. The molecule has 0 aliphatic rings. The molecule has 0 radical (unpaired) electrons. The number of esters is 2. The molecule has 0 fully saturated rings. The maximum atomic E-state index is 12.0. The lowest BCUT2D eigenvalue weighted by atomic mass is 10.0. The second kappa shape index (κ2) is 8.47. The maximum absolute atomic E-state index is 12.0. The third-order valence-electron chi connectivity index (χ3n) is 4.16. The highest BCUT2D eigenvalue weighted by Crippen LogP contribution is 2.23. The number of carbonyl (C=O) groups excluding carboxylic acids is 2. The molecule has 2 atom stereocenters. The lowest BCUT2D eigenvalue weighted by Crippen LogP contribution is -2.17. The minimum absolute atomic E-state index is 0.396. The molecule has 2 aromatic rings. The summed E-state index contributed by atoms with van der Waals surface area (Å²) in [5.74, 6) is -1.17. The van der Waals surface area contributed by atoms with Crippen LogP contribution in [0.1, 0.15) is 54.7 Å². The molecule has 2 aromatic carbocycles. The Kier molecular flexibility index (Phi) is 6.34. The third kappa shape index (κ3) is 5.18. The van der Waals surface area contributed by atoms with Crippen LogP contribution < -0.4 is 0 Å². The second-order valence-corrected chi connectivity index (χ2v) is 6.15. The first-order valence-corrected chi connectivity index (χ1v) is 8.38. The Morgan fingerprint density at radius 1 is 0.760 bits per heavy atom. The molecule has 2 rings (SSSR count). The van der Waals surface area contributed by atoms with Crippen molar-refractivity contribution >= 4 is 11.9 Å². The van der Waals surface area contributed by atoms with Gasteiger partial charge in [0, 0.05) is 0 Å². The van der Waals surface area contributed by atoms with E-state index in [-0.39, 0.29) is 0 Å². The molecule has 0 saturated carbocycles. The third-order valence-corrected chi connectivity index (χ3v) is 4.16. The lowest BCUT2D eigenvalue weighted by molar-refractivity contribution is -0.159. The van der Waals surface area contributed by atoms with Gasteiger partial charge in [-0.2, -0.15) is 0 Å². The van der Waals surface area contributed by atoms with Gasteiger partial charge in [0.1, 0.15) is 18.6 Å². The Morgan fingerprint density at radius 3 is 1.48 bits per heavy atom. The summed E-state index contributed by atoms with van der Waals surface area (Å²) in [6.07, 6.45) is -1.21. The van der Waals surface area contributed by atoms with E-state index in [1.165, 1.54) is 0 Å². The largest absolute Gasteiger partial charge is 0.457 e. The van der Waals surface area contributed by atoms with Crippen molar-refractivity contribution in [2.75, 3.05) is 0 Å². The van der Waals surface area contributed by atoms with E-state index in [9.17, 15) is 9.59 Å². The Morgan fingerprint density at radius 2 is 1.12 bits per heavy atom. The fraction of sp³-hybridized carbons (Fsp3) is 0.333. The van der Waals surface area contributed by atoms with Crippen LogP contribution in [-0.2, 0) is 19.1 Å². The Labute approximate surface area is 148 Å². The molecule has 0 amide bonds. The van der Waals surface area contributed by atoms with Crippen LogP contribution in [0.5, 0.6) is 0 Å². The number of benzene rings is 2. The number of aryl methyl sites for hydroxylation is 2. The SMILES string of the molecule is Cc1ccccc1C(C)OC(=O)CC(=O)OC(C)c1ccccc1C. The van der Waals surface area contributed by atoms with E-state index in [4.69, 9.17) is 9.47 Å². The summed E-state index contributed by atoms with van der Waals surface area (Å²) < 4.78 is 10.7. The average molecular weight is 340 g/mol. The summed E-state index contributed by atoms with van der Waals surface area (Å²) in [5, 5.41) is 0. The van der Waals surface area contributed by atoms with Crippen molar-refractivity contribution in [1.29, 1.82) is 0 Å². The van der Waals surface area contributed by atoms with Crippen LogP contribution in [0.4, 0.5) is 0 Å². The number of hydrogen-bond acceptors (Lipinski definition) is 4. The summed E-state index contributed by atoms with van der Waals surface area (Å²) in [7, 11) is 0. The molecule has 0 aromatic heterocycles. The van der Waals surface area contributed by atoms with Gasteiger partial charge in [-0.15, -0.1) is 0 Å². The number of rotatable bonds is 6. The first-order valence-electron chi connectivity index (χ1n) is 8.38. The molecule has 0 spiro atoms. The van der Waals surface area contributed by atoms with E-state index in [0.29, 0.717) is 0 Å². The van der Waals surface area contributed by atoms with Crippen molar-refractivity contribution < 1.29 is 19.1 Å². The predicted molar refractivity (Wildman–Crippen MR) is 96.0 cm³/mol. The Hall–Kier alpha value is -2.62. The molecule has 0 N–H and O–H groups in total. The first kappa shape index (κ1) is 18.7.